The van der Waals surface area contributed by atoms with Gasteiger partial charge in [0, 0.05) is 24.8 Å². The van der Waals surface area contributed by atoms with Crippen LogP contribution in [0.15, 0.2) is 48.0 Å². The number of carbonyl (C=O) groups excluding carboxylic acids is 2. The van der Waals surface area contributed by atoms with E-state index in [2.05, 4.69) is 26.7 Å². The normalized spacial score (nSPS) is 15.1. The Morgan fingerprint density at radius 2 is 1.94 bits per heavy atom. The zero-order chi connectivity index (χ0) is 22.0. The van der Waals surface area contributed by atoms with E-state index in [9.17, 15) is 9.59 Å². The van der Waals surface area contributed by atoms with Crippen LogP contribution in [0.2, 0.25) is 0 Å². The van der Waals surface area contributed by atoms with Gasteiger partial charge in [0.05, 0.1) is 17.7 Å². The predicted molar refractivity (Wildman–Crippen MR) is 120 cm³/mol. The molecule has 3 amide bonds. The van der Waals surface area contributed by atoms with Gasteiger partial charge in [-0.2, -0.15) is 0 Å². The minimum atomic E-state index is -0.871. The molecule has 1 fully saturated rings. The van der Waals surface area contributed by atoms with Crippen LogP contribution in [-0.4, -0.2) is 52.5 Å². The number of nitrogens with zero attached hydrogens (tertiary/aromatic N) is 3. The number of amides is 3. The van der Waals surface area contributed by atoms with Crippen LogP contribution in [0.1, 0.15) is 13.8 Å². The van der Waals surface area contributed by atoms with Crippen molar-refractivity contribution in [3.63, 3.8) is 0 Å². The molecular weight excluding hydrogens is 414 g/mol. The second kappa shape index (κ2) is 8.35. The van der Waals surface area contributed by atoms with Gasteiger partial charge in [0.25, 0.3) is 5.91 Å². The average Bonchev–Trinajstić information content (AvgIpc) is 3.32. The van der Waals surface area contributed by atoms with Gasteiger partial charge in [-0.15, -0.1) is 11.3 Å². The number of aromatic nitrogens is 2. The maximum atomic E-state index is 12.3. The van der Waals surface area contributed by atoms with E-state index < -0.39 is 5.54 Å². The smallest absolute Gasteiger partial charge is 0.325 e. The summed E-state index contributed by atoms with van der Waals surface area (Å²) in [4.78, 5) is 35.4. The largest absolute Gasteiger partial charge is 0.497 e. The lowest BCUT2D eigenvalue weighted by atomic mass is 10.1. The topological polar surface area (TPSA) is 96.5 Å². The summed E-state index contributed by atoms with van der Waals surface area (Å²) in [6.07, 6.45) is 1.69. The van der Waals surface area contributed by atoms with Crippen molar-refractivity contribution in [2.75, 3.05) is 25.5 Å². The lowest BCUT2D eigenvalue weighted by Gasteiger charge is -2.16. The van der Waals surface area contributed by atoms with Crippen molar-refractivity contribution in [1.29, 1.82) is 0 Å². The Bertz CT molecular complexity index is 1110. The quantitative estimate of drug-likeness (QED) is 0.548. The fraction of sp³-hybridized carbons (Fsp3) is 0.273. The van der Waals surface area contributed by atoms with Gasteiger partial charge >= 0.3 is 6.03 Å². The van der Waals surface area contributed by atoms with Gasteiger partial charge in [0.2, 0.25) is 5.95 Å². The summed E-state index contributed by atoms with van der Waals surface area (Å²) < 4.78 is 5.24. The molecule has 9 heteroatoms. The minimum absolute atomic E-state index is 0.234. The molecule has 0 bridgehead atoms. The average molecular weight is 438 g/mol. The second-order valence-electron chi connectivity index (χ2n) is 7.60. The molecule has 3 heterocycles. The molecule has 1 aliphatic rings. The Kier molecular flexibility index (Phi) is 5.60. The third kappa shape index (κ3) is 4.22. The SMILES string of the molecule is COc1ccc(-c2ccsc2-c2ccnc(NCCN3C(=O)NC(C)(C)C3=O)n2)cc1. The standard InChI is InChI=1S/C22H23N5O3S/c1-22(2)19(28)27(21(29)26-22)12-11-24-20-23-10-8-17(25-20)18-16(9-13-31-18)14-4-6-15(30-3)7-5-14/h4-10,13H,11-12H2,1-3H3,(H,26,29)(H,23,24,25). The molecule has 0 unspecified atom stereocenters. The number of hydrogen-bond acceptors (Lipinski definition) is 7. The van der Waals surface area contributed by atoms with Crippen LogP contribution in [0.3, 0.4) is 0 Å². The summed E-state index contributed by atoms with van der Waals surface area (Å²) >= 11 is 1.61. The van der Waals surface area contributed by atoms with Gasteiger partial charge in [-0.3, -0.25) is 9.69 Å². The molecule has 1 aliphatic heterocycles. The number of nitrogens with one attached hydrogen (secondary N) is 2. The van der Waals surface area contributed by atoms with E-state index in [0.717, 1.165) is 27.4 Å². The first-order valence-electron chi connectivity index (χ1n) is 9.82. The zero-order valence-corrected chi connectivity index (χ0v) is 18.3. The minimum Gasteiger partial charge on any atom is -0.497 e. The molecule has 160 valence electrons. The van der Waals surface area contributed by atoms with Gasteiger partial charge in [0.1, 0.15) is 11.3 Å². The van der Waals surface area contributed by atoms with Crippen LogP contribution in [0, 0.1) is 0 Å². The van der Waals surface area contributed by atoms with Gasteiger partial charge < -0.3 is 15.4 Å². The van der Waals surface area contributed by atoms with Crippen LogP contribution >= 0.6 is 11.3 Å². The third-order valence-electron chi connectivity index (χ3n) is 5.02. The zero-order valence-electron chi connectivity index (χ0n) is 17.5. The van der Waals surface area contributed by atoms with Gasteiger partial charge in [-0.05, 0) is 49.1 Å². The van der Waals surface area contributed by atoms with Crippen LogP contribution < -0.4 is 15.4 Å². The number of urea groups is 1. The van der Waals surface area contributed by atoms with Gasteiger partial charge in [0.15, 0.2) is 0 Å². The molecule has 3 aromatic rings. The molecule has 31 heavy (non-hydrogen) atoms. The number of anilines is 1. The molecule has 1 aromatic carbocycles. The Morgan fingerprint density at radius 3 is 2.61 bits per heavy atom. The number of hydrogen-bond donors (Lipinski definition) is 2. The summed E-state index contributed by atoms with van der Waals surface area (Å²) in [6, 6.07) is 11.4. The predicted octanol–water partition coefficient (Wildman–Crippen LogP) is 3.62. The summed E-state index contributed by atoms with van der Waals surface area (Å²) in [5.74, 6) is 1.01. The lowest BCUT2D eigenvalue weighted by Crippen LogP contribution is -2.40. The number of methoxy groups -OCH3 is 1. The van der Waals surface area contributed by atoms with E-state index in [1.54, 1.807) is 38.5 Å². The third-order valence-corrected chi connectivity index (χ3v) is 5.95. The van der Waals surface area contributed by atoms with Crippen molar-refractivity contribution in [2.24, 2.45) is 0 Å². The molecule has 0 radical (unpaired) electrons. The number of imide groups is 1. The molecule has 0 aliphatic carbocycles. The number of ether oxygens (including phenoxy) is 1. The molecule has 2 aromatic heterocycles. The highest BCUT2D eigenvalue weighted by Crippen LogP contribution is 2.36. The molecule has 0 saturated carbocycles. The van der Waals surface area contributed by atoms with E-state index in [1.165, 1.54) is 4.90 Å². The summed E-state index contributed by atoms with van der Waals surface area (Å²) in [6.45, 7) is 3.97. The molecule has 1 saturated heterocycles. The molecule has 0 spiro atoms. The summed E-state index contributed by atoms with van der Waals surface area (Å²) in [5, 5.41) is 7.81. The Balaban J connectivity index is 1.47. The maximum Gasteiger partial charge on any atom is 0.325 e. The Labute approximate surface area is 184 Å². The summed E-state index contributed by atoms with van der Waals surface area (Å²) in [7, 11) is 1.65. The van der Waals surface area contributed by atoms with Crippen molar-refractivity contribution in [3.05, 3.63) is 48.0 Å². The molecule has 0 atom stereocenters. The van der Waals surface area contributed by atoms with Crippen molar-refractivity contribution in [2.45, 2.75) is 19.4 Å². The fourth-order valence-corrected chi connectivity index (χ4v) is 4.26. The number of carbonyl (C=O) groups is 2. The molecule has 4 rings (SSSR count). The first-order valence-corrected chi connectivity index (χ1v) is 10.7. The number of thiophene rings is 1. The lowest BCUT2D eigenvalue weighted by molar-refractivity contribution is -0.130. The van der Waals surface area contributed by atoms with E-state index in [0.29, 0.717) is 12.5 Å². The first-order chi connectivity index (χ1) is 14.9. The van der Waals surface area contributed by atoms with Crippen LogP contribution in [0.4, 0.5) is 10.7 Å². The second-order valence-corrected chi connectivity index (χ2v) is 8.51. The van der Waals surface area contributed by atoms with Crippen molar-refractivity contribution >= 4 is 29.2 Å². The van der Waals surface area contributed by atoms with E-state index in [1.807, 2.05) is 35.7 Å². The van der Waals surface area contributed by atoms with E-state index in [-0.39, 0.29) is 18.5 Å². The van der Waals surface area contributed by atoms with Crippen LogP contribution in [0.25, 0.3) is 21.7 Å². The maximum absolute atomic E-state index is 12.3. The first kappa shape index (κ1) is 20.8. The fourth-order valence-electron chi connectivity index (χ4n) is 3.38. The van der Waals surface area contributed by atoms with Gasteiger partial charge in [-0.1, -0.05) is 12.1 Å². The highest BCUT2D eigenvalue weighted by atomic mass is 32.1. The highest BCUT2D eigenvalue weighted by Gasteiger charge is 2.43. The number of benzene rings is 1. The van der Waals surface area contributed by atoms with Crippen LogP contribution in [0.5, 0.6) is 5.75 Å². The Morgan fingerprint density at radius 1 is 1.16 bits per heavy atom. The highest BCUT2D eigenvalue weighted by molar-refractivity contribution is 7.14. The van der Waals surface area contributed by atoms with Gasteiger partial charge in [-0.25, -0.2) is 14.8 Å². The van der Waals surface area contributed by atoms with E-state index in [4.69, 9.17) is 4.74 Å². The monoisotopic (exact) mass is 437 g/mol. The Hall–Kier alpha value is -3.46. The van der Waals surface area contributed by atoms with Crippen LogP contribution in [-0.2, 0) is 4.79 Å². The van der Waals surface area contributed by atoms with Crippen molar-refractivity contribution in [1.82, 2.24) is 20.2 Å². The molecule has 2 N–H and O–H groups in total. The number of rotatable bonds is 7. The van der Waals surface area contributed by atoms with Crippen molar-refractivity contribution < 1.29 is 14.3 Å². The summed E-state index contributed by atoms with van der Waals surface area (Å²) in [5.41, 5.74) is 2.09. The van der Waals surface area contributed by atoms with E-state index >= 15 is 0 Å². The van der Waals surface area contributed by atoms with Crippen molar-refractivity contribution in [3.8, 4) is 27.4 Å². The molecular formula is C22H23N5O3S. The molecule has 8 nitrogen and oxygen atoms in total.